The smallest absolute Gasteiger partial charge is 0.224 e. The van der Waals surface area contributed by atoms with Gasteiger partial charge in [0.2, 0.25) is 5.91 Å². The second-order valence-corrected chi connectivity index (χ2v) is 5.57. The summed E-state index contributed by atoms with van der Waals surface area (Å²) in [5.41, 5.74) is 2.96. The third-order valence-electron chi connectivity index (χ3n) is 3.15. The minimum Gasteiger partial charge on any atom is -0.350 e. The van der Waals surface area contributed by atoms with Crippen LogP contribution in [0.4, 0.5) is 0 Å². The van der Waals surface area contributed by atoms with E-state index in [0.717, 1.165) is 5.56 Å². The SMILES string of the molecule is CC(C)c1ccc(CC(=O)NCc2cnc(Cl)cn2)cc1. The van der Waals surface area contributed by atoms with Crippen LogP contribution in [-0.2, 0) is 17.8 Å². The van der Waals surface area contributed by atoms with Gasteiger partial charge < -0.3 is 5.32 Å². The van der Waals surface area contributed by atoms with Crippen molar-refractivity contribution in [2.45, 2.75) is 32.7 Å². The zero-order valence-electron chi connectivity index (χ0n) is 12.1. The summed E-state index contributed by atoms with van der Waals surface area (Å²) in [6, 6.07) is 8.13. The number of hydrogen-bond acceptors (Lipinski definition) is 3. The zero-order valence-corrected chi connectivity index (χ0v) is 12.9. The first-order valence-corrected chi connectivity index (χ1v) is 7.24. The fourth-order valence-electron chi connectivity index (χ4n) is 1.89. The monoisotopic (exact) mass is 303 g/mol. The molecular weight excluding hydrogens is 286 g/mol. The molecule has 2 rings (SSSR count). The van der Waals surface area contributed by atoms with E-state index in [-0.39, 0.29) is 5.91 Å². The first-order valence-electron chi connectivity index (χ1n) is 6.86. The molecule has 0 aliphatic rings. The Morgan fingerprint density at radius 2 is 1.90 bits per heavy atom. The highest BCUT2D eigenvalue weighted by atomic mass is 35.5. The standard InChI is InChI=1S/C16H18ClN3O/c1-11(2)13-5-3-12(4-6-13)7-16(21)20-9-14-8-19-15(17)10-18-14/h3-6,8,10-11H,7,9H2,1-2H3,(H,20,21). The van der Waals surface area contributed by atoms with Gasteiger partial charge in [-0.3, -0.25) is 9.78 Å². The maximum atomic E-state index is 11.9. The highest BCUT2D eigenvalue weighted by molar-refractivity contribution is 6.29. The quantitative estimate of drug-likeness (QED) is 0.923. The highest BCUT2D eigenvalue weighted by Gasteiger charge is 2.05. The minimum atomic E-state index is -0.0379. The maximum absolute atomic E-state index is 11.9. The van der Waals surface area contributed by atoms with E-state index in [1.807, 2.05) is 12.1 Å². The Morgan fingerprint density at radius 1 is 1.19 bits per heavy atom. The number of nitrogens with zero attached hydrogens (tertiary/aromatic N) is 2. The van der Waals surface area contributed by atoms with E-state index in [1.165, 1.54) is 11.8 Å². The second-order valence-electron chi connectivity index (χ2n) is 5.18. The fraction of sp³-hybridized carbons (Fsp3) is 0.312. The number of halogens is 1. The summed E-state index contributed by atoms with van der Waals surface area (Å²) in [5.74, 6) is 0.459. The molecule has 0 saturated carbocycles. The molecule has 21 heavy (non-hydrogen) atoms. The Hall–Kier alpha value is -1.94. The molecule has 1 N–H and O–H groups in total. The van der Waals surface area contributed by atoms with Gasteiger partial charge in [0.1, 0.15) is 5.15 Å². The van der Waals surface area contributed by atoms with Crippen molar-refractivity contribution < 1.29 is 4.79 Å². The third kappa shape index (κ3) is 4.83. The van der Waals surface area contributed by atoms with E-state index in [4.69, 9.17) is 11.6 Å². The van der Waals surface area contributed by atoms with E-state index >= 15 is 0 Å². The molecule has 4 nitrogen and oxygen atoms in total. The minimum absolute atomic E-state index is 0.0379. The molecule has 110 valence electrons. The van der Waals surface area contributed by atoms with E-state index in [1.54, 1.807) is 6.20 Å². The average molecular weight is 304 g/mol. The van der Waals surface area contributed by atoms with Gasteiger partial charge in [-0.05, 0) is 17.0 Å². The topological polar surface area (TPSA) is 54.9 Å². The molecule has 0 aliphatic heterocycles. The molecule has 0 radical (unpaired) electrons. The van der Waals surface area contributed by atoms with Crippen molar-refractivity contribution in [2.75, 3.05) is 0 Å². The van der Waals surface area contributed by atoms with Gasteiger partial charge in [-0.25, -0.2) is 4.98 Å². The number of rotatable bonds is 5. The van der Waals surface area contributed by atoms with Crippen molar-refractivity contribution in [1.82, 2.24) is 15.3 Å². The molecule has 1 aromatic carbocycles. The number of carbonyl (C=O) groups is 1. The molecule has 0 atom stereocenters. The predicted molar refractivity (Wildman–Crippen MR) is 83.1 cm³/mol. The van der Waals surface area contributed by atoms with Crippen LogP contribution in [-0.4, -0.2) is 15.9 Å². The lowest BCUT2D eigenvalue weighted by molar-refractivity contribution is -0.120. The van der Waals surface area contributed by atoms with E-state index in [9.17, 15) is 4.79 Å². The van der Waals surface area contributed by atoms with Crippen LogP contribution in [0.3, 0.4) is 0 Å². The highest BCUT2D eigenvalue weighted by Crippen LogP contribution is 2.14. The zero-order chi connectivity index (χ0) is 15.2. The van der Waals surface area contributed by atoms with Crippen molar-refractivity contribution in [3.8, 4) is 0 Å². The van der Waals surface area contributed by atoms with Crippen LogP contribution in [0.1, 0.15) is 36.6 Å². The Labute approximate surface area is 129 Å². The number of nitrogens with one attached hydrogen (secondary N) is 1. The summed E-state index contributed by atoms with van der Waals surface area (Å²) in [5, 5.41) is 3.16. The van der Waals surface area contributed by atoms with Gasteiger partial charge in [-0.15, -0.1) is 0 Å². The van der Waals surface area contributed by atoms with Crippen LogP contribution in [0.25, 0.3) is 0 Å². The molecule has 1 aromatic heterocycles. The molecule has 0 fully saturated rings. The van der Waals surface area contributed by atoms with Crippen molar-refractivity contribution in [1.29, 1.82) is 0 Å². The van der Waals surface area contributed by atoms with Crippen molar-refractivity contribution in [3.05, 3.63) is 58.6 Å². The largest absolute Gasteiger partial charge is 0.350 e. The lowest BCUT2D eigenvalue weighted by atomic mass is 10.0. The summed E-state index contributed by atoms with van der Waals surface area (Å²) in [4.78, 5) is 19.9. The Bertz CT molecular complexity index is 594. The molecule has 0 bridgehead atoms. The van der Waals surface area contributed by atoms with Gasteiger partial charge in [0.05, 0.1) is 31.1 Å². The predicted octanol–water partition coefficient (Wildman–Crippen LogP) is 3.11. The molecule has 5 heteroatoms. The average Bonchev–Trinajstić information content (AvgIpc) is 2.47. The summed E-state index contributed by atoms with van der Waals surface area (Å²) in [6.07, 6.45) is 3.38. The second kappa shape index (κ2) is 7.18. The fourth-order valence-corrected chi connectivity index (χ4v) is 1.99. The molecule has 0 unspecified atom stereocenters. The summed E-state index contributed by atoms with van der Waals surface area (Å²) in [7, 11) is 0. The Balaban J connectivity index is 1.85. The van der Waals surface area contributed by atoms with Crippen LogP contribution < -0.4 is 5.32 Å². The number of aromatic nitrogens is 2. The Morgan fingerprint density at radius 3 is 2.48 bits per heavy atom. The lowest BCUT2D eigenvalue weighted by Gasteiger charge is -2.07. The van der Waals surface area contributed by atoms with Crippen molar-refractivity contribution >= 4 is 17.5 Å². The molecule has 0 aliphatic carbocycles. The van der Waals surface area contributed by atoms with Crippen LogP contribution in [0.2, 0.25) is 5.15 Å². The number of carbonyl (C=O) groups excluding carboxylic acids is 1. The van der Waals surface area contributed by atoms with E-state index < -0.39 is 0 Å². The first kappa shape index (κ1) is 15.4. The number of hydrogen-bond donors (Lipinski definition) is 1. The van der Waals surface area contributed by atoms with Gasteiger partial charge in [0.15, 0.2) is 0 Å². The van der Waals surface area contributed by atoms with Crippen LogP contribution in [0, 0.1) is 0 Å². The van der Waals surface area contributed by atoms with Crippen molar-refractivity contribution in [2.24, 2.45) is 0 Å². The molecule has 1 heterocycles. The molecular formula is C16H18ClN3O. The first-order chi connectivity index (χ1) is 10.0. The lowest BCUT2D eigenvalue weighted by Crippen LogP contribution is -2.25. The number of amides is 1. The van der Waals surface area contributed by atoms with Gasteiger partial charge in [-0.1, -0.05) is 49.7 Å². The van der Waals surface area contributed by atoms with E-state index in [2.05, 4.69) is 41.3 Å². The van der Waals surface area contributed by atoms with E-state index in [0.29, 0.717) is 29.7 Å². The summed E-state index contributed by atoms with van der Waals surface area (Å²) < 4.78 is 0. The molecule has 0 spiro atoms. The van der Waals surface area contributed by atoms with Gasteiger partial charge in [0, 0.05) is 0 Å². The van der Waals surface area contributed by atoms with Gasteiger partial charge in [-0.2, -0.15) is 0 Å². The maximum Gasteiger partial charge on any atom is 0.224 e. The molecule has 1 amide bonds. The normalized spacial score (nSPS) is 10.7. The molecule has 2 aromatic rings. The van der Waals surface area contributed by atoms with Crippen LogP contribution in [0.5, 0.6) is 0 Å². The summed E-state index contributed by atoms with van der Waals surface area (Å²) in [6.45, 7) is 4.65. The molecule has 0 saturated heterocycles. The van der Waals surface area contributed by atoms with Crippen LogP contribution in [0.15, 0.2) is 36.7 Å². The van der Waals surface area contributed by atoms with Gasteiger partial charge in [0.25, 0.3) is 0 Å². The number of benzene rings is 1. The van der Waals surface area contributed by atoms with Gasteiger partial charge >= 0.3 is 0 Å². The van der Waals surface area contributed by atoms with Crippen LogP contribution >= 0.6 is 11.6 Å². The summed E-state index contributed by atoms with van der Waals surface area (Å²) >= 11 is 5.66. The third-order valence-corrected chi connectivity index (χ3v) is 3.35. The van der Waals surface area contributed by atoms with Crippen molar-refractivity contribution in [3.63, 3.8) is 0 Å². The Kier molecular flexibility index (Phi) is 5.28.